The predicted molar refractivity (Wildman–Crippen MR) is 126 cm³/mol. The average Bonchev–Trinajstić information content (AvgIpc) is 3.09. The second-order valence-corrected chi connectivity index (χ2v) is 12.6. The molecule has 4 saturated carbocycles. The van der Waals surface area contributed by atoms with Gasteiger partial charge in [-0.3, -0.25) is 9.59 Å². The molecule has 0 heterocycles. The molecule has 0 radical (unpaired) electrons. The molecule has 4 aliphatic carbocycles. The molecule has 5 unspecified atom stereocenters. The van der Waals surface area contributed by atoms with Gasteiger partial charge < -0.3 is 20.2 Å². The SMILES string of the molecule is CC(CCC(=O)N(C)CC(=O)O)[C@H]1CCC2C3C(CC[C@@]21C)[C@@]1(C)CC[C@@H](O)CC1C[C@@H]3O. The zero-order chi connectivity index (χ0) is 24.1. The molecular formula is C27H45NO5. The van der Waals surface area contributed by atoms with Crippen molar-refractivity contribution in [3.05, 3.63) is 0 Å². The number of aliphatic carboxylic acids is 1. The lowest BCUT2D eigenvalue weighted by molar-refractivity contribution is -0.174. The van der Waals surface area contributed by atoms with Crippen molar-refractivity contribution in [1.82, 2.24) is 4.90 Å². The summed E-state index contributed by atoms with van der Waals surface area (Å²) >= 11 is 0. The first-order valence-corrected chi connectivity index (χ1v) is 13.3. The Kier molecular flexibility index (Phi) is 6.92. The lowest BCUT2D eigenvalue weighted by Crippen LogP contribution is -2.58. The highest BCUT2D eigenvalue weighted by atomic mass is 16.4. The quantitative estimate of drug-likeness (QED) is 0.554. The van der Waals surface area contributed by atoms with E-state index in [0.717, 1.165) is 38.5 Å². The van der Waals surface area contributed by atoms with Crippen molar-refractivity contribution >= 4 is 11.9 Å². The maximum atomic E-state index is 12.4. The molecule has 188 valence electrons. The summed E-state index contributed by atoms with van der Waals surface area (Å²) in [7, 11) is 1.57. The summed E-state index contributed by atoms with van der Waals surface area (Å²) in [5.41, 5.74) is 0.449. The zero-order valence-corrected chi connectivity index (χ0v) is 21.0. The topological polar surface area (TPSA) is 98.1 Å². The first-order chi connectivity index (χ1) is 15.5. The van der Waals surface area contributed by atoms with E-state index < -0.39 is 5.97 Å². The van der Waals surface area contributed by atoms with Crippen molar-refractivity contribution in [3.63, 3.8) is 0 Å². The molecule has 4 aliphatic rings. The van der Waals surface area contributed by atoms with Crippen LogP contribution in [0.4, 0.5) is 0 Å². The number of hydrogen-bond donors (Lipinski definition) is 3. The fraction of sp³-hybridized carbons (Fsp3) is 0.926. The summed E-state index contributed by atoms with van der Waals surface area (Å²) in [5.74, 6) is 1.78. The highest BCUT2D eigenvalue weighted by Gasteiger charge is 2.62. The van der Waals surface area contributed by atoms with Gasteiger partial charge in [0.25, 0.3) is 0 Å². The van der Waals surface area contributed by atoms with Crippen LogP contribution >= 0.6 is 0 Å². The van der Waals surface area contributed by atoms with Crippen molar-refractivity contribution in [3.8, 4) is 0 Å². The van der Waals surface area contributed by atoms with E-state index in [4.69, 9.17) is 5.11 Å². The lowest BCUT2D eigenvalue weighted by Gasteiger charge is -2.62. The molecule has 0 aliphatic heterocycles. The standard InChI is InChI=1S/C27H45NO5/c1-16(5-8-23(31)28(4)15-24(32)33)19-6-7-20-25-21(10-12-27(19,20)3)26(2)11-9-18(29)13-17(26)14-22(25)30/h16-22,25,29-30H,5-15H2,1-4H3,(H,32,33)/t16?,17?,18-,19-,20?,21?,22+,25?,26+,27-/m1/s1. The van der Waals surface area contributed by atoms with Crippen LogP contribution in [0.5, 0.6) is 0 Å². The fourth-order valence-electron chi connectivity index (χ4n) is 9.21. The summed E-state index contributed by atoms with van der Waals surface area (Å²) in [5, 5.41) is 30.6. The largest absolute Gasteiger partial charge is 0.480 e. The van der Waals surface area contributed by atoms with E-state index >= 15 is 0 Å². The number of likely N-dealkylation sites (N-methyl/N-ethyl adjacent to an activating group) is 1. The highest BCUT2D eigenvalue weighted by molar-refractivity contribution is 5.80. The number of nitrogens with zero attached hydrogens (tertiary/aromatic N) is 1. The van der Waals surface area contributed by atoms with Gasteiger partial charge in [0, 0.05) is 13.5 Å². The van der Waals surface area contributed by atoms with Crippen molar-refractivity contribution in [1.29, 1.82) is 0 Å². The normalized spacial score (nSPS) is 45.5. The number of rotatable bonds is 6. The number of amides is 1. The van der Waals surface area contributed by atoms with E-state index in [-0.39, 0.29) is 35.5 Å². The van der Waals surface area contributed by atoms with Crippen molar-refractivity contribution in [2.45, 2.75) is 97.2 Å². The number of carboxylic acids is 1. The molecule has 6 nitrogen and oxygen atoms in total. The average molecular weight is 464 g/mol. The Morgan fingerprint density at radius 3 is 2.36 bits per heavy atom. The molecule has 3 N–H and O–H groups in total. The predicted octanol–water partition coefficient (Wildman–Crippen LogP) is 3.94. The van der Waals surface area contributed by atoms with Gasteiger partial charge in [-0.1, -0.05) is 20.8 Å². The molecule has 4 rings (SSSR count). The fourth-order valence-corrected chi connectivity index (χ4v) is 9.21. The molecule has 0 aromatic carbocycles. The van der Waals surface area contributed by atoms with Gasteiger partial charge in [-0.05, 0) is 104 Å². The number of hydrogen-bond acceptors (Lipinski definition) is 4. The molecule has 1 amide bonds. The Bertz CT molecular complexity index is 757. The van der Waals surface area contributed by atoms with Crippen LogP contribution in [0, 0.1) is 46.3 Å². The van der Waals surface area contributed by atoms with Gasteiger partial charge in [-0.2, -0.15) is 0 Å². The van der Waals surface area contributed by atoms with E-state index in [9.17, 15) is 19.8 Å². The number of carboxylic acid groups (broad SMARTS) is 1. The van der Waals surface area contributed by atoms with Crippen LogP contribution in [0.2, 0.25) is 0 Å². The maximum absolute atomic E-state index is 12.4. The Morgan fingerprint density at radius 1 is 1.00 bits per heavy atom. The summed E-state index contributed by atoms with van der Waals surface area (Å²) < 4.78 is 0. The third-order valence-corrected chi connectivity index (χ3v) is 11.0. The molecule has 0 aromatic rings. The lowest BCUT2D eigenvalue weighted by atomic mass is 9.43. The third-order valence-electron chi connectivity index (χ3n) is 11.0. The second-order valence-electron chi connectivity index (χ2n) is 12.6. The Hall–Kier alpha value is -1.14. The van der Waals surface area contributed by atoms with Crippen LogP contribution in [0.15, 0.2) is 0 Å². The Labute approximate surface area is 199 Å². The number of fused-ring (bicyclic) bond motifs is 5. The van der Waals surface area contributed by atoms with E-state index in [0.29, 0.717) is 41.9 Å². The molecule has 0 saturated heterocycles. The number of aliphatic hydroxyl groups is 2. The maximum Gasteiger partial charge on any atom is 0.323 e. The van der Waals surface area contributed by atoms with Crippen molar-refractivity contribution < 1.29 is 24.9 Å². The third kappa shape index (κ3) is 4.35. The monoisotopic (exact) mass is 463 g/mol. The molecule has 10 atom stereocenters. The van der Waals surface area contributed by atoms with Gasteiger partial charge in [0.2, 0.25) is 5.91 Å². The van der Waals surface area contributed by atoms with Gasteiger partial charge in [-0.15, -0.1) is 0 Å². The second kappa shape index (κ2) is 9.14. The van der Waals surface area contributed by atoms with Gasteiger partial charge in [-0.25, -0.2) is 0 Å². The number of carbonyl (C=O) groups is 2. The Morgan fingerprint density at radius 2 is 1.67 bits per heavy atom. The zero-order valence-electron chi connectivity index (χ0n) is 21.0. The van der Waals surface area contributed by atoms with Gasteiger partial charge in [0.15, 0.2) is 0 Å². The summed E-state index contributed by atoms with van der Waals surface area (Å²) in [6.45, 7) is 6.93. The van der Waals surface area contributed by atoms with Crippen LogP contribution in [-0.4, -0.2) is 57.9 Å². The molecular weight excluding hydrogens is 418 g/mol. The summed E-state index contributed by atoms with van der Waals surface area (Å²) in [6.07, 6.45) is 9.10. The Balaban J connectivity index is 1.44. The van der Waals surface area contributed by atoms with Crippen molar-refractivity contribution in [2.24, 2.45) is 46.3 Å². The summed E-state index contributed by atoms with van der Waals surface area (Å²) in [6, 6.07) is 0. The molecule has 6 heteroatoms. The highest BCUT2D eigenvalue weighted by Crippen LogP contribution is 2.68. The smallest absolute Gasteiger partial charge is 0.323 e. The van der Waals surface area contributed by atoms with Gasteiger partial charge >= 0.3 is 5.97 Å². The molecule has 0 bridgehead atoms. The molecule has 0 aromatic heterocycles. The van der Waals surface area contributed by atoms with Crippen LogP contribution < -0.4 is 0 Å². The van der Waals surface area contributed by atoms with E-state index in [1.807, 2.05) is 0 Å². The first kappa shape index (κ1) is 25.0. The van der Waals surface area contributed by atoms with Gasteiger partial charge in [0.05, 0.1) is 12.2 Å². The van der Waals surface area contributed by atoms with Crippen LogP contribution in [0.25, 0.3) is 0 Å². The van der Waals surface area contributed by atoms with Crippen molar-refractivity contribution in [2.75, 3.05) is 13.6 Å². The van der Waals surface area contributed by atoms with E-state index in [2.05, 4.69) is 20.8 Å². The minimum absolute atomic E-state index is 0.0891. The van der Waals surface area contributed by atoms with E-state index in [1.165, 1.54) is 24.2 Å². The number of aliphatic hydroxyl groups excluding tert-OH is 2. The van der Waals surface area contributed by atoms with Crippen LogP contribution in [-0.2, 0) is 9.59 Å². The van der Waals surface area contributed by atoms with Crippen LogP contribution in [0.1, 0.15) is 85.0 Å². The molecule has 0 spiro atoms. The number of carbonyl (C=O) groups excluding carboxylic acids is 1. The minimum Gasteiger partial charge on any atom is -0.480 e. The molecule has 4 fully saturated rings. The van der Waals surface area contributed by atoms with Gasteiger partial charge in [0.1, 0.15) is 6.54 Å². The van der Waals surface area contributed by atoms with E-state index in [1.54, 1.807) is 7.05 Å². The summed E-state index contributed by atoms with van der Waals surface area (Å²) in [4.78, 5) is 24.6. The van der Waals surface area contributed by atoms with Crippen LogP contribution in [0.3, 0.4) is 0 Å². The minimum atomic E-state index is -0.976. The molecule has 33 heavy (non-hydrogen) atoms. The first-order valence-electron chi connectivity index (χ1n) is 13.3.